The molecule has 0 atom stereocenters. The Morgan fingerprint density at radius 3 is 2.46 bits per heavy atom. The number of hydrogen-bond acceptors (Lipinski definition) is 0. The second-order valence-corrected chi connectivity index (χ2v) is 2.20. The van der Waals surface area contributed by atoms with Crippen LogP contribution in [0.5, 0.6) is 0 Å². The average Bonchev–Trinajstić information content (AvgIpc) is 2.58. The van der Waals surface area contributed by atoms with Gasteiger partial charge in [-0.15, -0.1) is 6.20 Å². The van der Waals surface area contributed by atoms with Crippen molar-refractivity contribution in [3.63, 3.8) is 0 Å². The maximum atomic E-state index is 4.93. The Hall–Kier alpha value is -0.617. The molecule has 0 bridgehead atoms. The maximum absolute atomic E-state index is 4.93. The van der Waals surface area contributed by atoms with Gasteiger partial charge in [0.2, 0.25) is 0 Å². The van der Waals surface area contributed by atoms with E-state index in [9.17, 15) is 0 Å². The van der Waals surface area contributed by atoms with Crippen molar-refractivity contribution in [2.24, 2.45) is 0 Å². The van der Waals surface area contributed by atoms with Gasteiger partial charge in [0.25, 0.3) is 0 Å². The number of allylic oxidation sites excluding steroid dienone is 3. The minimum atomic E-state index is 0. The first kappa shape index (κ1) is 14.9. The molecule has 0 radical (unpaired) electrons. The summed E-state index contributed by atoms with van der Waals surface area (Å²) in [7, 11) is 0. The monoisotopic (exact) mass is 263 g/mol. The van der Waals surface area contributed by atoms with Gasteiger partial charge in [-0.05, 0) is 0 Å². The van der Waals surface area contributed by atoms with Crippen LogP contribution in [0.1, 0.15) is 19.4 Å². The molecule has 1 aromatic heterocycles. The Morgan fingerprint density at radius 2 is 2.31 bits per heavy atom. The van der Waals surface area contributed by atoms with Crippen molar-refractivity contribution < 1.29 is 19.5 Å². The molecule has 1 heterocycles. The number of aryl methyl sites for hydroxylation is 1. The van der Waals surface area contributed by atoms with Gasteiger partial charge < -0.3 is 4.98 Å². The second kappa shape index (κ2) is 11.4. The van der Waals surface area contributed by atoms with Crippen molar-refractivity contribution in [3.05, 3.63) is 48.8 Å². The zero-order chi connectivity index (χ0) is 9.23. The number of aromatic nitrogens is 1. The largest absolute Gasteiger partial charge is 2.00 e. The van der Waals surface area contributed by atoms with Crippen molar-refractivity contribution in [2.75, 3.05) is 0 Å². The summed E-state index contributed by atoms with van der Waals surface area (Å²) in [6.07, 6.45) is 11.1. The number of aromatic amines is 1. The van der Waals surface area contributed by atoms with Gasteiger partial charge in [0.1, 0.15) is 0 Å². The molecule has 2 heteroatoms. The van der Waals surface area contributed by atoms with Gasteiger partial charge in [-0.3, -0.25) is 6.58 Å². The van der Waals surface area contributed by atoms with Gasteiger partial charge >= 0.3 is 19.5 Å². The third kappa shape index (κ3) is 9.30. The first-order chi connectivity index (χ1) is 5.85. The summed E-state index contributed by atoms with van der Waals surface area (Å²) in [6, 6.07) is 2.03. The molecule has 0 saturated heterocycles. The van der Waals surface area contributed by atoms with Gasteiger partial charge in [0, 0.05) is 0 Å². The van der Waals surface area contributed by atoms with Crippen molar-refractivity contribution in [1.29, 1.82) is 0 Å². The summed E-state index contributed by atoms with van der Waals surface area (Å²) in [5.41, 5.74) is 1.25. The van der Waals surface area contributed by atoms with Gasteiger partial charge in [-0.2, -0.15) is 23.9 Å². The van der Waals surface area contributed by atoms with Crippen LogP contribution in [0.4, 0.5) is 0 Å². The normalized spacial score (nSPS) is 8.46. The molecule has 72 valence electrons. The van der Waals surface area contributed by atoms with Crippen LogP contribution in [0.2, 0.25) is 0 Å². The molecule has 0 spiro atoms. The van der Waals surface area contributed by atoms with E-state index in [2.05, 4.69) is 18.1 Å². The van der Waals surface area contributed by atoms with E-state index in [1.54, 1.807) is 6.08 Å². The molecule has 1 N–H and O–H groups in total. The summed E-state index contributed by atoms with van der Waals surface area (Å²) >= 11 is 0. The third-order valence-electron chi connectivity index (χ3n) is 1.29. The van der Waals surface area contributed by atoms with E-state index in [1.165, 1.54) is 11.6 Å². The zero-order valence-corrected chi connectivity index (χ0v) is 9.76. The van der Waals surface area contributed by atoms with Crippen LogP contribution in [0.25, 0.3) is 0 Å². The van der Waals surface area contributed by atoms with E-state index in [4.69, 9.17) is 6.58 Å². The molecule has 0 aliphatic heterocycles. The van der Waals surface area contributed by atoms with Crippen molar-refractivity contribution in [2.45, 2.75) is 20.3 Å². The Morgan fingerprint density at radius 1 is 1.62 bits per heavy atom. The molecule has 13 heavy (non-hydrogen) atoms. The van der Waals surface area contributed by atoms with Crippen molar-refractivity contribution in [3.8, 4) is 0 Å². The third-order valence-corrected chi connectivity index (χ3v) is 1.29. The van der Waals surface area contributed by atoms with Gasteiger partial charge in [-0.25, -0.2) is 12.2 Å². The molecular formula is C11H15NRu. The molecule has 1 rings (SSSR count). The summed E-state index contributed by atoms with van der Waals surface area (Å²) in [4.78, 5) is 2.86. The number of nitrogens with one attached hydrogen (secondary N) is 1. The second-order valence-electron chi connectivity index (χ2n) is 2.20. The smallest absolute Gasteiger partial charge is 0.484 e. The fourth-order valence-corrected chi connectivity index (χ4v) is 0.636. The van der Waals surface area contributed by atoms with Crippen LogP contribution >= 0.6 is 0 Å². The predicted molar refractivity (Wildman–Crippen MR) is 52.7 cm³/mol. The van der Waals surface area contributed by atoms with Gasteiger partial charge in [-0.1, -0.05) is 20.3 Å². The van der Waals surface area contributed by atoms with Crippen LogP contribution in [0, 0.1) is 12.8 Å². The predicted octanol–water partition coefficient (Wildman–Crippen LogP) is 2.93. The van der Waals surface area contributed by atoms with Crippen molar-refractivity contribution in [1.82, 2.24) is 4.98 Å². The molecule has 0 amide bonds. The molecule has 0 unspecified atom stereocenters. The van der Waals surface area contributed by atoms with Crippen LogP contribution in [-0.4, -0.2) is 4.98 Å². The van der Waals surface area contributed by atoms with E-state index in [-0.39, 0.29) is 19.5 Å². The molecule has 1 nitrogen and oxygen atoms in total. The van der Waals surface area contributed by atoms with E-state index in [0.29, 0.717) is 0 Å². The number of H-pyrrole nitrogens is 1. The topological polar surface area (TPSA) is 15.8 Å². The summed E-state index contributed by atoms with van der Waals surface area (Å²) in [6.45, 7) is 8.96. The SMILES string of the molecule is CCc1[c-][nH]cc1.[CH-]=CC=CC.[Ru+2]. The first-order valence-corrected chi connectivity index (χ1v) is 4.05. The summed E-state index contributed by atoms with van der Waals surface area (Å²) in [5.74, 6) is 0. The Labute approximate surface area is 93.7 Å². The summed E-state index contributed by atoms with van der Waals surface area (Å²) in [5, 5.41) is 0. The van der Waals surface area contributed by atoms with Crippen LogP contribution in [0.15, 0.2) is 30.5 Å². The first-order valence-electron chi connectivity index (χ1n) is 4.05. The number of rotatable bonds is 2. The van der Waals surface area contributed by atoms with Crippen LogP contribution in [-0.2, 0) is 25.9 Å². The maximum Gasteiger partial charge on any atom is 2.00 e. The fourth-order valence-electron chi connectivity index (χ4n) is 0.636. The minimum Gasteiger partial charge on any atom is -0.484 e. The Balaban J connectivity index is 0. The Kier molecular flexibility index (Phi) is 13.0. The van der Waals surface area contributed by atoms with Crippen molar-refractivity contribution >= 4 is 0 Å². The fraction of sp³-hybridized carbons (Fsp3) is 0.273. The quantitative estimate of drug-likeness (QED) is 0.479. The van der Waals surface area contributed by atoms with Gasteiger partial charge in [0.15, 0.2) is 0 Å². The molecular weight excluding hydrogens is 247 g/mol. The Bertz CT molecular complexity index is 212. The van der Waals surface area contributed by atoms with Crippen LogP contribution < -0.4 is 0 Å². The average molecular weight is 262 g/mol. The summed E-state index contributed by atoms with van der Waals surface area (Å²) < 4.78 is 0. The van der Waals surface area contributed by atoms with E-state index < -0.39 is 0 Å². The molecule has 0 aliphatic rings. The molecule has 1 aromatic rings. The molecule has 0 aliphatic carbocycles. The van der Waals surface area contributed by atoms with Crippen LogP contribution in [0.3, 0.4) is 0 Å². The molecule has 0 aromatic carbocycles. The zero-order valence-electron chi connectivity index (χ0n) is 8.02. The minimum absolute atomic E-state index is 0. The van der Waals surface area contributed by atoms with Gasteiger partial charge in [0.05, 0.1) is 0 Å². The van der Waals surface area contributed by atoms with E-state index in [1.807, 2.05) is 25.3 Å². The molecule has 0 saturated carbocycles. The number of hydrogen-bond donors (Lipinski definition) is 1. The van der Waals surface area contributed by atoms with E-state index >= 15 is 0 Å². The standard InChI is InChI=1S/C6H8N.C5H7.Ru/c1-2-6-3-4-7-5-6;1-3-5-4-2;/h3-4,7H,2H2,1H3;1,3-5H,2H3;/q2*-1;+2. The molecule has 0 fully saturated rings. The van der Waals surface area contributed by atoms with E-state index in [0.717, 1.165) is 6.42 Å².